The van der Waals surface area contributed by atoms with E-state index in [1.165, 1.54) is 0 Å². The maximum absolute atomic E-state index is 13.1. The van der Waals surface area contributed by atoms with E-state index in [1.807, 2.05) is 12.1 Å². The predicted molar refractivity (Wildman–Crippen MR) is 101 cm³/mol. The maximum Gasteiger partial charge on any atom is 0.281 e. The van der Waals surface area contributed by atoms with E-state index in [2.05, 4.69) is 5.16 Å². The zero-order valence-electron chi connectivity index (χ0n) is 14.7. The van der Waals surface area contributed by atoms with Gasteiger partial charge in [0.1, 0.15) is 13.2 Å². The zero-order chi connectivity index (χ0) is 19.3. The fourth-order valence-electron chi connectivity index (χ4n) is 3.66. The van der Waals surface area contributed by atoms with Crippen LogP contribution in [0.5, 0.6) is 11.5 Å². The highest BCUT2D eigenvalue weighted by Gasteiger charge is 2.58. The predicted octanol–water partition coefficient (Wildman–Crippen LogP) is 2.94. The first-order chi connectivity index (χ1) is 13.6. The lowest BCUT2D eigenvalue weighted by molar-refractivity contribution is -0.136. The smallest absolute Gasteiger partial charge is 0.281 e. The number of benzene rings is 2. The van der Waals surface area contributed by atoms with E-state index in [0.29, 0.717) is 41.1 Å². The number of amides is 2. The first-order valence-corrected chi connectivity index (χ1v) is 9.22. The molecule has 5 rings (SSSR count). The number of fused-ring (bicyclic) bond motifs is 1. The van der Waals surface area contributed by atoms with Gasteiger partial charge in [-0.1, -0.05) is 22.8 Å². The maximum atomic E-state index is 13.1. The molecule has 2 amide bonds. The van der Waals surface area contributed by atoms with Crippen LogP contribution >= 0.6 is 11.6 Å². The Morgan fingerprint density at radius 1 is 1.00 bits per heavy atom. The summed E-state index contributed by atoms with van der Waals surface area (Å²) in [6, 6.07) is 12.1. The molecule has 8 heteroatoms. The zero-order valence-corrected chi connectivity index (χ0v) is 15.4. The summed E-state index contributed by atoms with van der Waals surface area (Å²) in [6.45, 7) is 0.987. The molecule has 1 spiro atoms. The van der Waals surface area contributed by atoms with Crippen LogP contribution in [0, 0.1) is 0 Å². The van der Waals surface area contributed by atoms with Gasteiger partial charge in [0.05, 0.1) is 17.8 Å². The highest BCUT2D eigenvalue weighted by atomic mass is 35.5. The van der Waals surface area contributed by atoms with E-state index in [0.717, 1.165) is 10.5 Å². The van der Waals surface area contributed by atoms with E-state index in [4.69, 9.17) is 25.9 Å². The molecule has 142 valence electrons. The number of halogens is 1. The number of oxime groups is 1. The molecular weight excluding hydrogens is 384 g/mol. The molecule has 0 radical (unpaired) electrons. The third-order valence-electron chi connectivity index (χ3n) is 5.00. The molecule has 0 aliphatic carbocycles. The van der Waals surface area contributed by atoms with Crippen LogP contribution in [0.15, 0.2) is 47.6 Å². The second-order valence-electron chi connectivity index (χ2n) is 6.85. The van der Waals surface area contributed by atoms with Crippen LogP contribution in [0.2, 0.25) is 5.02 Å². The van der Waals surface area contributed by atoms with Crippen LogP contribution in [0.4, 0.5) is 5.69 Å². The first-order valence-electron chi connectivity index (χ1n) is 8.84. The Kier molecular flexibility index (Phi) is 3.80. The molecule has 0 aromatic heterocycles. The summed E-state index contributed by atoms with van der Waals surface area (Å²) < 4.78 is 11.1. The minimum Gasteiger partial charge on any atom is -0.486 e. The van der Waals surface area contributed by atoms with Crippen LogP contribution < -0.4 is 14.4 Å². The van der Waals surface area contributed by atoms with Gasteiger partial charge in [-0.15, -0.1) is 0 Å². The van der Waals surface area contributed by atoms with Crippen molar-refractivity contribution in [1.82, 2.24) is 0 Å². The molecule has 2 aromatic rings. The Labute approximate surface area is 165 Å². The fraction of sp³-hybridized carbons (Fsp3) is 0.250. The number of carbonyl (C=O) groups excluding carboxylic acids is 2. The third kappa shape index (κ3) is 2.62. The topological polar surface area (TPSA) is 77.4 Å². The Hall–Kier alpha value is -3.06. The second kappa shape index (κ2) is 6.24. The number of hydrogen-bond acceptors (Lipinski definition) is 6. The van der Waals surface area contributed by atoms with Crippen LogP contribution in [-0.4, -0.2) is 36.3 Å². The molecule has 3 aliphatic heterocycles. The van der Waals surface area contributed by atoms with Crippen molar-refractivity contribution in [3.8, 4) is 11.5 Å². The van der Waals surface area contributed by atoms with Crippen molar-refractivity contribution in [3.05, 3.63) is 53.1 Å². The summed E-state index contributed by atoms with van der Waals surface area (Å²) in [5, 5.41) is 4.56. The number of hydrogen-bond donors (Lipinski definition) is 0. The van der Waals surface area contributed by atoms with E-state index < -0.39 is 11.5 Å². The molecular formula is C20H15ClN2O5. The SMILES string of the molecule is O=C1C[C@@]2(CC(c3ccc4c(c3)OCCO4)=NO2)C(=O)N1c1cccc(Cl)c1. The van der Waals surface area contributed by atoms with Gasteiger partial charge in [-0.2, -0.15) is 0 Å². The van der Waals surface area contributed by atoms with Gasteiger partial charge in [0, 0.05) is 17.0 Å². The molecule has 2 aromatic carbocycles. The van der Waals surface area contributed by atoms with Gasteiger partial charge in [-0.3, -0.25) is 9.59 Å². The Morgan fingerprint density at radius 3 is 2.64 bits per heavy atom. The summed E-state index contributed by atoms with van der Waals surface area (Å²) in [6.07, 6.45) is 0.129. The fourth-order valence-corrected chi connectivity index (χ4v) is 3.84. The number of nitrogens with zero attached hydrogens (tertiary/aromatic N) is 2. The molecule has 28 heavy (non-hydrogen) atoms. The highest BCUT2D eigenvalue weighted by molar-refractivity contribution is 6.31. The summed E-state index contributed by atoms with van der Waals surface area (Å²) in [4.78, 5) is 32.3. The number of imide groups is 1. The lowest BCUT2D eigenvalue weighted by Crippen LogP contribution is -2.40. The van der Waals surface area contributed by atoms with Gasteiger partial charge >= 0.3 is 0 Å². The van der Waals surface area contributed by atoms with Crippen LogP contribution in [0.25, 0.3) is 0 Å². The van der Waals surface area contributed by atoms with Gasteiger partial charge in [-0.25, -0.2) is 4.90 Å². The number of carbonyl (C=O) groups is 2. The van der Waals surface area contributed by atoms with E-state index in [1.54, 1.807) is 30.3 Å². The Bertz CT molecular complexity index is 1040. The minimum atomic E-state index is -1.32. The largest absolute Gasteiger partial charge is 0.486 e. The number of ether oxygens (including phenoxy) is 2. The van der Waals surface area contributed by atoms with Crippen LogP contribution in [-0.2, 0) is 14.4 Å². The molecule has 3 aliphatic rings. The molecule has 0 N–H and O–H groups in total. The summed E-state index contributed by atoms with van der Waals surface area (Å²) in [5.41, 5.74) is 0.464. The van der Waals surface area contributed by atoms with Crippen molar-refractivity contribution >= 4 is 34.8 Å². The van der Waals surface area contributed by atoms with Gasteiger partial charge in [0.15, 0.2) is 11.5 Å². The molecule has 0 bridgehead atoms. The van der Waals surface area contributed by atoms with Gasteiger partial charge in [-0.05, 0) is 36.4 Å². The van der Waals surface area contributed by atoms with Crippen molar-refractivity contribution in [2.75, 3.05) is 18.1 Å². The quantitative estimate of drug-likeness (QED) is 0.727. The van der Waals surface area contributed by atoms with Crippen molar-refractivity contribution in [2.24, 2.45) is 5.16 Å². The van der Waals surface area contributed by atoms with Crippen LogP contribution in [0.3, 0.4) is 0 Å². The van der Waals surface area contributed by atoms with Gasteiger partial charge in [0.25, 0.3) is 5.91 Å². The lowest BCUT2D eigenvalue weighted by Gasteiger charge is -2.20. The monoisotopic (exact) mass is 398 g/mol. The molecule has 7 nitrogen and oxygen atoms in total. The summed E-state index contributed by atoms with van der Waals surface area (Å²) in [5.74, 6) is 0.521. The molecule has 1 saturated heterocycles. The van der Waals surface area contributed by atoms with E-state index >= 15 is 0 Å². The number of anilines is 1. The summed E-state index contributed by atoms with van der Waals surface area (Å²) in [7, 11) is 0. The van der Waals surface area contributed by atoms with Crippen molar-refractivity contribution in [2.45, 2.75) is 18.4 Å². The molecule has 1 fully saturated rings. The Balaban J connectivity index is 1.41. The van der Waals surface area contributed by atoms with Crippen molar-refractivity contribution in [1.29, 1.82) is 0 Å². The molecule has 3 heterocycles. The second-order valence-corrected chi connectivity index (χ2v) is 7.29. The lowest BCUT2D eigenvalue weighted by atomic mass is 9.92. The standard InChI is InChI=1S/C20H15ClN2O5/c21-13-2-1-3-14(9-13)23-18(24)11-20(19(23)25)10-15(22-28-20)12-4-5-16-17(8-12)27-7-6-26-16/h1-5,8-9H,6-7,10-11H2/t20-/m0/s1. The first kappa shape index (κ1) is 17.1. The average molecular weight is 399 g/mol. The highest BCUT2D eigenvalue weighted by Crippen LogP contribution is 2.40. The molecule has 0 unspecified atom stereocenters. The van der Waals surface area contributed by atoms with E-state index in [9.17, 15) is 9.59 Å². The molecule has 0 saturated carbocycles. The van der Waals surface area contributed by atoms with Crippen LogP contribution in [0.1, 0.15) is 18.4 Å². The third-order valence-corrected chi connectivity index (χ3v) is 5.24. The Morgan fingerprint density at radius 2 is 1.82 bits per heavy atom. The normalized spacial score (nSPS) is 23.2. The van der Waals surface area contributed by atoms with E-state index in [-0.39, 0.29) is 18.7 Å². The van der Waals surface area contributed by atoms with Crippen molar-refractivity contribution in [3.63, 3.8) is 0 Å². The van der Waals surface area contributed by atoms with Gasteiger partial charge < -0.3 is 14.3 Å². The number of rotatable bonds is 2. The minimum absolute atomic E-state index is 0.0735. The average Bonchev–Trinajstić information content (AvgIpc) is 3.23. The van der Waals surface area contributed by atoms with Gasteiger partial charge in [0.2, 0.25) is 11.5 Å². The molecule has 1 atom stereocenters. The summed E-state index contributed by atoms with van der Waals surface area (Å²) >= 11 is 6.01. The van der Waals surface area contributed by atoms with Crippen molar-refractivity contribution < 1.29 is 23.9 Å².